The Morgan fingerprint density at radius 3 is 2.43 bits per heavy atom. The van der Waals surface area contributed by atoms with Gasteiger partial charge < -0.3 is 15.0 Å². The van der Waals surface area contributed by atoms with E-state index in [0.29, 0.717) is 17.3 Å². The molecule has 1 aliphatic rings. The van der Waals surface area contributed by atoms with Crippen molar-refractivity contribution in [1.29, 1.82) is 0 Å². The molecule has 2 rings (SSSR count). The molecule has 0 bridgehead atoms. The molecule has 6 heteroatoms. The van der Waals surface area contributed by atoms with Crippen LogP contribution in [0.2, 0.25) is 5.02 Å². The first-order chi connectivity index (χ1) is 10.7. The molecule has 1 N–H and O–H groups in total. The SMILES string of the molecule is Cl.O=C(COc1ccc(Cl)cc1)NCCCN1CCCCCC1. The third-order valence-corrected chi connectivity index (χ3v) is 4.11. The van der Waals surface area contributed by atoms with Gasteiger partial charge >= 0.3 is 0 Å². The van der Waals surface area contributed by atoms with E-state index in [2.05, 4.69) is 10.2 Å². The molecule has 1 saturated heterocycles. The maximum atomic E-state index is 11.7. The lowest BCUT2D eigenvalue weighted by Crippen LogP contribution is -2.33. The van der Waals surface area contributed by atoms with Crippen LogP contribution in [-0.4, -0.2) is 43.6 Å². The van der Waals surface area contributed by atoms with Crippen molar-refractivity contribution >= 4 is 29.9 Å². The van der Waals surface area contributed by atoms with Crippen LogP contribution in [0.1, 0.15) is 32.1 Å². The van der Waals surface area contributed by atoms with E-state index in [1.165, 1.54) is 38.8 Å². The topological polar surface area (TPSA) is 41.6 Å². The average molecular weight is 361 g/mol. The number of carbonyl (C=O) groups excluding carboxylic acids is 1. The summed E-state index contributed by atoms with van der Waals surface area (Å²) in [7, 11) is 0. The van der Waals surface area contributed by atoms with E-state index < -0.39 is 0 Å². The molecular formula is C17H26Cl2N2O2. The molecular weight excluding hydrogens is 335 g/mol. The lowest BCUT2D eigenvalue weighted by atomic mass is 10.2. The van der Waals surface area contributed by atoms with Crippen LogP contribution in [0.15, 0.2) is 24.3 Å². The van der Waals surface area contributed by atoms with E-state index in [4.69, 9.17) is 16.3 Å². The fraction of sp³-hybridized carbons (Fsp3) is 0.588. The van der Waals surface area contributed by atoms with Gasteiger partial charge in [0.1, 0.15) is 5.75 Å². The molecule has 0 spiro atoms. The zero-order valence-electron chi connectivity index (χ0n) is 13.4. The molecule has 0 unspecified atom stereocenters. The molecule has 0 atom stereocenters. The van der Waals surface area contributed by atoms with Crippen LogP contribution in [0.4, 0.5) is 0 Å². The van der Waals surface area contributed by atoms with Gasteiger partial charge in [0.25, 0.3) is 5.91 Å². The van der Waals surface area contributed by atoms with Crippen molar-refractivity contribution in [1.82, 2.24) is 10.2 Å². The Morgan fingerprint density at radius 1 is 1.13 bits per heavy atom. The van der Waals surface area contributed by atoms with Gasteiger partial charge in [-0.05, 0) is 63.2 Å². The van der Waals surface area contributed by atoms with Crippen LogP contribution in [0.25, 0.3) is 0 Å². The second kappa shape index (κ2) is 11.5. The van der Waals surface area contributed by atoms with E-state index in [0.717, 1.165) is 13.0 Å². The minimum Gasteiger partial charge on any atom is -0.484 e. The Bertz CT molecular complexity index is 446. The summed E-state index contributed by atoms with van der Waals surface area (Å²) in [5.74, 6) is 0.579. The Morgan fingerprint density at radius 2 is 1.78 bits per heavy atom. The molecule has 1 amide bonds. The number of nitrogens with zero attached hydrogens (tertiary/aromatic N) is 1. The van der Waals surface area contributed by atoms with Gasteiger partial charge in [0.2, 0.25) is 0 Å². The number of amides is 1. The second-order valence-corrected chi connectivity index (χ2v) is 6.14. The summed E-state index contributed by atoms with van der Waals surface area (Å²) in [5, 5.41) is 3.56. The summed E-state index contributed by atoms with van der Waals surface area (Å²) in [6, 6.07) is 7.01. The molecule has 4 nitrogen and oxygen atoms in total. The highest BCUT2D eigenvalue weighted by Crippen LogP contribution is 2.15. The molecule has 1 fully saturated rings. The highest BCUT2D eigenvalue weighted by atomic mass is 35.5. The Balaban J connectivity index is 0.00000264. The van der Waals surface area contributed by atoms with Gasteiger partial charge in [0, 0.05) is 11.6 Å². The fourth-order valence-corrected chi connectivity index (χ4v) is 2.75. The predicted octanol–water partition coefficient (Wildman–Crippen LogP) is 3.52. The van der Waals surface area contributed by atoms with Crippen LogP contribution in [0, 0.1) is 0 Å². The van der Waals surface area contributed by atoms with Crippen LogP contribution < -0.4 is 10.1 Å². The lowest BCUT2D eigenvalue weighted by Gasteiger charge is -2.19. The third kappa shape index (κ3) is 8.45. The number of nitrogens with one attached hydrogen (secondary N) is 1. The molecule has 0 saturated carbocycles. The summed E-state index contributed by atoms with van der Waals surface area (Å²) >= 11 is 5.79. The monoisotopic (exact) mass is 360 g/mol. The zero-order valence-corrected chi connectivity index (χ0v) is 15.0. The van der Waals surface area contributed by atoms with E-state index in [9.17, 15) is 4.79 Å². The number of likely N-dealkylation sites (tertiary alicyclic amines) is 1. The first kappa shape index (κ1) is 20.1. The van der Waals surface area contributed by atoms with E-state index >= 15 is 0 Å². The van der Waals surface area contributed by atoms with Gasteiger partial charge in [-0.2, -0.15) is 0 Å². The molecule has 0 aromatic heterocycles. The predicted molar refractivity (Wildman–Crippen MR) is 96.7 cm³/mol. The number of carbonyl (C=O) groups is 1. The molecule has 1 aromatic carbocycles. The van der Waals surface area contributed by atoms with E-state index in [-0.39, 0.29) is 24.9 Å². The number of ether oxygens (including phenoxy) is 1. The minimum absolute atomic E-state index is 0. The minimum atomic E-state index is -0.0779. The van der Waals surface area contributed by atoms with Crippen LogP contribution in [0.3, 0.4) is 0 Å². The highest BCUT2D eigenvalue weighted by Gasteiger charge is 2.08. The molecule has 1 aliphatic heterocycles. The second-order valence-electron chi connectivity index (χ2n) is 5.70. The molecule has 1 heterocycles. The molecule has 1 aromatic rings. The van der Waals surface area contributed by atoms with Gasteiger partial charge in [-0.25, -0.2) is 0 Å². The van der Waals surface area contributed by atoms with Gasteiger partial charge in [-0.3, -0.25) is 4.79 Å². The molecule has 23 heavy (non-hydrogen) atoms. The maximum absolute atomic E-state index is 11.7. The third-order valence-electron chi connectivity index (χ3n) is 3.86. The number of hydrogen-bond donors (Lipinski definition) is 1. The smallest absolute Gasteiger partial charge is 0.257 e. The highest BCUT2D eigenvalue weighted by molar-refractivity contribution is 6.30. The summed E-state index contributed by atoms with van der Waals surface area (Å²) in [5.41, 5.74) is 0. The largest absolute Gasteiger partial charge is 0.484 e. The Hall–Kier alpha value is -0.970. The maximum Gasteiger partial charge on any atom is 0.257 e. The standard InChI is InChI=1S/C17H25ClN2O2.ClH/c18-15-6-8-16(9-7-15)22-14-17(21)19-10-5-13-20-11-3-1-2-4-12-20;/h6-9H,1-5,10-14H2,(H,19,21);1H. The molecule has 130 valence electrons. The molecule has 0 aliphatic carbocycles. The van der Waals surface area contributed by atoms with Crippen molar-refractivity contribution in [2.75, 3.05) is 32.8 Å². The summed E-state index contributed by atoms with van der Waals surface area (Å²) in [4.78, 5) is 14.2. The normalized spacial score (nSPS) is 15.3. The van der Waals surface area contributed by atoms with Crippen molar-refractivity contribution in [2.45, 2.75) is 32.1 Å². The lowest BCUT2D eigenvalue weighted by molar-refractivity contribution is -0.123. The van der Waals surface area contributed by atoms with Gasteiger partial charge in [-0.15, -0.1) is 12.4 Å². The number of halogens is 2. The fourth-order valence-electron chi connectivity index (χ4n) is 2.62. The summed E-state index contributed by atoms with van der Waals surface area (Å²) in [6.07, 6.45) is 6.32. The molecule has 0 radical (unpaired) electrons. The average Bonchev–Trinajstić information content (AvgIpc) is 2.80. The first-order valence-corrected chi connectivity index (χ1v) is 8.49. The van der Waals surface area contributed by atoms with Gasteiger partial charge in [-0.1, -0.05) is 24.4 Å². The van der Waals surface area contributed by atoms with Crippen LogP contribution in [-0.2, 0) is 4.79 Å². The van der Waals surface area contributed by atoms with Crippen LogP contribution in [0.5, 0.6) is 5.75 Å². The van der Waals surface area contributed by atoms with Crippen molar-refractivity contribution in [3.63, 3.8) is 0 Å². The number of benzene rings is 1. The number of rotatable bonds is 7. The van der Waals surface area contributed by atoms with Gasteiger partial charge in [0.05, 0.1) is 0 Å². The van der Waals surface area contributed by atoms with E-state index in [1.54, 1.807) is 24.3 Å². The quantitative estimate of drug-likeness (QED) is 0.756. The van der Waals surface area contributed by atoms with Crippen molar-refractivity contribution in [2.24, 2.45) is 0 Å². The summed E-state index contributed by atoms with van der Waals surface area (Å²) < 4.78 is 5.41. The van der Waals surface area contributed by atoms with Crippen molar-refractivity contribution < 1.29 is 9.53 Å². The van der Waals surface area contributed by atoms with Crippen LogP contribution >= 0.6 is 24.0 Å². The zero-order chi connectivity index (χ0) is 15.6. The van der Waals surface area contributed by atoms with Crippen molar-refractivity contribution in [3.05, 3.63) is 29.3 Å². The Kier molecular flexibility index (Phi) is 10.1. The Labute approximate surface area is 149 Å². The number of hydrogen-bond acceptors (Lipinski definition) is 3. The van der Waals surface area contributed by atoms with Crippen molar-refractivity contribution in [3.8, 4) is 5.75 Å². The first-order valence-electron chi connectivity index (χ1n) is 8.11. The van der Waals surface area contributed by atoms with E-state index in [1.807, 2.05) is 0 Å². The summed E-state index contributed by atoms with van der Waals surface area (Å²) in [6.45, 7) is 4.23. The van der Waals surface area contributed by atoms with Gasteiger partial charge in [0.15, 0.2) is 6.61 Å².